The van der Waals surface area contributed by atoms with E-state index in [-0.39, 0.29) is 18.3 Å². The summed E-state index contributed by atoms with van der Waals surface area (Å²) in [4.78, 5) is 49.4. The third-order valence-electron chi connectivity index (χ3n) is 4.95. The fourth-order valence-corrected chi connectivity index (χ4v) is 3.11. The van der Waals surface area contributed by atoms with Gasteiger partial charge in [0.05, 0.1) is 6.04 Å². The maximum atomic E-state index is 13.0. The normalized spacial score (nSPS) is 14.9. The summed E-state index contributed by atoms with van der Waals surface area (Å²) in [6, 6.07) is 5.26. The number of aliphatic carboxylic acids is 1. The lowest BCUT2D eigenvalue weighted by Crippen LogP contribution is -2.58. The first-order valence-corrected chi connectivity index (χ1v) is 10.9. The zero-order valence-electron chi connectivity index (χ0n) is 19.4. The molecule has 1 aromatic rings. The Kier molecular flexibility index (Phi) is 10.8. The summed E-state index contributed by atoms with van der Waals surface area (Å²) in [7, 11) is 0. The van der Waals surface area contributed by atoms with Gasteiger partial charge < -0.3 is 26.8 Å². The van der Waals surface area contributed by atoms with E-state index >= 15 is 0 Å². The van der Waals surface area contributed by atoms with Gasteiger partial charge in [-0.3, -0.25) is 19.2 Å². The van der Waals surface area contributed by atoms with E-state index in [4.69, 9.17) is 10.8 Å². The molecule has 0 aliphatic rings. The van der Waals surface area contributed by atoms with Crippen LogP contribution < -0.4 is 21.7 Å². The third kappa shape index (κ3) is 9.05. The van der Waals surface area contributed by atoms with Crippen LogP contribution in [0.25, 0.3) is 0 Å². The molecule has 1 aromatic carbocycles. The summed E-state index contributed by atoms with van der Waals surface area (Å²) >= 11 is 0. The van der Waals surface area contributed by atoms with Gasteiger partial charge in [-0.05, 0) is 30.7 Å². The van der Waals surface area contributed by atoms with E-state index in [0.717, 1.165) is 5.56 Å². The second-order valence-corrected chi connectivity index (χ2v) is 8.79. The lowest BCUT2D eigenvalue weighted by molar-refractivity contribution is -0.141. The van der Waals surface area contributed by atoms with Crippen LogP contribution in [0.15, 0.2) is 30.3 Å². The van der Waals surface area contributed by atoms with Crippen LogP contribution in [0.3, 0.4) is 0 Å². The zero-order valence-corrected chi connectivity index (χ0v) is 19.4. The predicted octanol–water partition coefficient (Wildman–Crippen LogP) is 0.817. The molecule has 6 N–H and O–H groups in total. The molecule has 0 bridgehead atoms. The summed E-state index contributed by atoms with van der Waals surface area (Å²) < 4.78 is 0. The van der Waals surface area contributed by atoms with Gasteiger partial charge in [0.15, 0.2) is 0 Å². The number of carbonyl (C=O) groups excluding carboxylic acids is 3. The van der Waals surface area contributed by atoms with Gasteiger partial charge in [0.1, 0.15) is 18.1 Å². The molecular formula is C23H36N4O5. The zero-order chi connectivity index (χ0) is 24.4. The number of nitrogens with one attached hydrogen (secondary N) is 3. The number of carboxylic acid groups (broad SMARTS) is 1. The highest BCUT2D eigenvalue weighted by atomic mass is 16.4. The van der Waals surface area contributed by atoms with Crippen molar-refractivity contribution in [3.05, 3.63) is 35.9 Å². The van der Waals surface area contributed by atoms with Crippen molar-refractivity contribution in [1.29, 1.82) is 0 Å². The van der Waals surface area contributed by atoms with Crippen LogP contribution in [0.2, 0.25) is 0 Å². The average Bonchev–Trinajstić information content (AvgIpc) is 2.70. The van der Waals surface area contributed by atoms with Crippen molar-refractivity contribution in [2.24, 2.45) is 17.6 Å². The average molecular weight is 449 g/mol. The van der Waals surface area contributed by atoms with Crippen LogP contribution >= 0.6 is 0 Å². The highest BCUT2D eigenvalue weighted by Crippen LogP contribution is 2.09. The summed E-state index contributed by atoms with van der Waals surface area (Å²) in [5.74, 6) is -2.82. The molecule has 0 aliphatic heterocycles. The molecule has 9 nitrogen and oxygen atoms in total. The van der Waals surface area contributed by atoms with Crippen LogP contribution in [0.5, 0.6) is 0 Å². The summed E-state index contributed by atoms with van der Waals surface area (Å²) in [6.07, 6.45) is 0.640. The Morgan fingerprint density at radius 3 is 1.97 bits per heavy atom. The van der Waals surface area contributed by atoms with Gasteiger partial charge in [0.25, 0.3) is 0 Å². The lowest BCUT2D eigenvalue weighted by Gasteiger charge is -2.27. The molecular weight excluding hydrogens is 412 g/mol. The monoisotopic (exact) mass is 448 g/mol. The highest BCUT2D eigenvalue weighted by molar-refractivity contribution is 5.94. The minimum absolute atomic E-state index is 0.163. The number of carbonyl (C=O) groups is 4. The largest absolute Gasteiger partial charge is 0.480 e. The van der Waals surface area contributed by atoms with Crippen molar-refractivity contribution in [2.45, 2.75) is 71.6 Å². The maximum Gasteiger partial charge on any atom is 0.325 e. The first-order valence-electron chi connectivity index (χ1n) is 10.9. The second kappa shape index (κ2) is 12.8. The SMILES string of the molecule is CC(C)CC(N)C(=O)NC(C(=O)NC(Cc1ccccc1)C(=O)NC(C)C(=O)O)C(C)C. The fraction of sp³-hybridized carbons (Fsp3) is 0.565. The molecule has 0 fully saturated rings. The molecule has 0 spiro atoms. The summed E-state index contributed by atoms with van der Waals surface area (Å²) in [5.41, 5.74) is 6.73. The molecule has 9 heteroatoms. The van der Waals surface area contributed by atoms with Crippen LogP contribution in [-0.2, 0) is 25.6 Å². The molecule has 3 amide bonds. The number of benzene rings is 1. The predicted molar refractivity (Wildman–Crippen MR) is 122 cm³/mol. The van der Waals surface area contributed by atoms with E-state index in [9.17, 15) is 19.2 Å². The van der Waals surface area contributed by atoms with Crippen molar-refractivity contribution in [2.75, 3.05) is 0 Å². The smallest absolute Gasteiger partial charge is 0.325 e. The molecule has 0 saturated heterocycles. The Labute approximate surface area is 189 Å². The summed E-state index contributed by atoms with van der Waals surface area (Å²) in [6.45, 7) is 8.79. The Morgan fingerprint density at radius 1 is 0.875 bits per heavy atom. The van der Waals surface area contributed by atoms with E-state index in [1.165, 1.54) is 6.92 Å². The van der Waals surface area contributed by atoms with E-state index in [1.54, 1.807) is 38.1 Å². The second-order valence-electron chi connectivity index (χ2n) is 8.79. The van der Waals surface area contributed by atoms with Crippen molar-refractivity contribution in [3.8, 4) is 0 Å². The number of amides is 3. The Morgan fingerprint density at radius 2 is 1.47 bits per heavy atom. The Hall–Kier alpha value is -2.94. The number of hydrogen-bond donors (Lipinski definition) is 5. The van der Waals surface area contributed by atoms with E-state index in [2.05, 4.69) is 16.0 Å². The van der Waals surface area contributed by atoms with Gasteiger partial charge in [0, 0.05) is 6.42 Å². The van der Waals surface area contributed by atoms with E-state index in [1.807, 2.05) is 19.9 Å². The molecule has 32 heavy (non-hydrogen) atoms. The van der Waals surface area contributed by atoms with Crippen molar-refractivity contribution in [1.82, 2.24) is 16.0 Å². The third-order valence-corrected chi connectivity index (χ3v) is 4.95. The van der Waals surface area contributed by atoms with Gasteiger partial charge in [-0.2, -0.15) is 0 Å². The topological polar surface area (TPSA) is 151 Å². The number of hydrogen-bond acceptors (Lipinski definition) is 5. The van der Waals surface area contributed by atoms with Crippen molar-refractivity contribution in [3.63, 3.8) is 0 Å². The van der Waals surface area contributed by atoms with E-state index in [0.29, 0.717) is 6.42 Å². The maximum absolute atomic E-state index is 13.0. The lowest BCUT2D eigenvalue weighted by atomic mass is 9.99. The minimum Gasteiger partial charge on any atom is -0.480 e. The first kappa shape index (κ1) is 27.1. The van der Waals surface area contributed by atoms with Crippen LogP contribution in [0, 0.1) is 11.8 Å². The Balaban J connectivity index is 3.00. The van der Waals surface area contributed by atoms with Gasteiger partial charge in [-0.25, -0.2) is 0 Å². The van der Waals surface area contributed by atoms with Crippen LogP contribution in [0.4, 0.5) is 0 Å². The molecule has 0 radical (unpaired) electrons. The van der Waals surface area contributed by atoms with E-state index < -0.39 is 47.9 Å². The fourth-order valence-electron chi connectivity index (χ4n) is 3.11. The molecule has 4 unspecified atom stereocenters. The minimum atomic E-state index is -1.19. The van der Waals surface area contributed by atoms with Crippen molar-refractivity contribution < 1.29 is 24.3 Å². The molecule has 4 atom stereocenters. The quantitative estimate of drug-likeness (QED) is 0.319. The molecule has 0 aromatic heterocycles. The number of rotatable bonds is 12. The van der Waals surface area contributed by atoms with Gasteiger partial charge >= 0.3 is 5.97 Å². The van der Waals surface area contributed by atoms with Gasteiger partial charge in [0.2, 0.25) is 17.7 Å². The molecule has 0 heterocycles. The molecule has 178 valence electrons. The number of carboxylic acids is 1. The van der Waals surface area contributed by atoms with Gasteiger partial charge in [-0.1, -0.05) is 58.0 Å². The van der Waals surface area contributed by atoms with Crippen molar-refractivity contribution >= 4 is 23.7 Å². The molecule has 0 saturated carbocycles. The number of nitrogens with two attached hydrogens (primary N) is 1. The highest BCUT2D eigenvalue weighted by Gasteiger charge is 2.31. The summed E-state index contributed by atoms with van der Waals surface area (Å²) in [5, 5.41) is 16.9. The standard InChI is InChI=1S/C23H36N4O5/c1-13(2)11-17(24)20(28)27-19(14(3)4)22(30)26-18(12-16-9-7-6-8-10-16)21(29)25-15(5)23(31)32/h6-10,13-15,17-19H,11-12,24H2,1-5H3,(H,25,29)(H,26,30)(H,27,28)(H,31,32). The molecule has 0 aliphatic carbocycles. The van der Waals surface area contributed by atoms with Crippen LogP contribution in [0.1, 0.15) is 46.6 Å². The Bertz CT molecular complexity index is 782. The first-order chi connectivity index (χ1) is 14.9. The molecule has 1 rings (SSSR count). The van der Waals surface area contributed by atoms with Crippen LogP contribution in [-0.4, -0.2) is 53.0 Å². The van der Waals surface area contributed by atoms with Gasteiger partial charge in [-0.15, -0.1) is 0 Å².